The van der Waals surface area contributed by atoms with Crippen LogP contribution in [-0.2, 0) is 11.3 Å². The van der Waals surface area contributed by atoms with Crippen LogP contribution in [0.3, 0.4) is 0 Å². The molecule has 0 fully saturated rings. The van der Waals surface area contributed by atoms with E-state index in [1.54, 1.807) is 0 Å². The van der Waals surface area contributed by atoms with Crippen molar-refractivity contribution < 1.29 is 23.1 Å². The van der Waals surface area contributed by atoms with E-state index in [0.29, 0.717) is 12.1 Å². The topological polar surface area (TPSA) is 85.3 Å². The van der Waals surface area contributed by atoms with E-state index in [0.717, 1.165) is 10.6 Å². The van der Waals surface area contributed by atoms with Crippen LogP contribution in [0.1, 0.15) is 12.5 Å². The third kappa shape index (κ3) is 3.95. The molecule has 10 heteroatoms. The quantitative estimate of drug-likeness (QED) is 0.664. The number of benzene rings is 1. The monoisotopic (exact) mass is 464 g/mol. The molecule has 3 N–H and O–H groups in total. The molecule has 5 nitrogen and oxygen atoms in total. The van der Waals surface area contributed by atoms with Gasteiger partial charge in [-0.05, 0) is 28.9 Å². The number of aliphatic hydroxyl groups excluding tert-OH is 1. The van der Waals surface area contributed by atoms with Crippen LogP contribution in [0.4, 0.5) is 13.2 Å². The highest BCUT2D eigenvalue weighted by Crippen LogP contribution is 2.34. The molecule has 0 unspecified atom stereocenters. The van der Waals surface area contributed by atoms with Crippen LogP contribution < -0.4 is 11.3 Å². The minimum absolute atomic E-state index is 0.0448. The Kier molecular flexibility index (Phi) is 6.50. The van der Waals surface area contributed by atoms with Crippen LogP contribution in [0.5, 0.6) is 0 Å². The van der Waals surface area contributed by atoms with Crippen LogP contribution >= 0.6 is 27.5 Å². The normalized spacial score (nSPS) is 12.1. The Hall–Kier alpha value is -2.10. The molecule has 1 aromatic heterocycles. The molecule has 1 heterocycles. The Balaban J connectivity index is 3.03. The molecule has 144 valence electrons. The predicted molar refractivity (Wildman–Crippen MR) is 98.8 cm³/mol. The molecule has 0 saturated heterocycles. The molecule has 2 aromatic rings. The highest BCUT2D eigenvalue weighted by Gasteiger charge is 2.25. The number of pyridine rings is 1. The summed E-state index contributed by atoms with van der Waals surface area (Å²) in [5.41, 5.74) is 3.71. The molecular weight excluding hydrogens is 453 g/mol. The first-order valence-corrected chi connectivity index (χ1v) is 8.69. The predicted octanol–water partition coefficient (Wildman–Crippen LogP) is 3.19. The summed E-state index contributed by atoms with van der Waals surface area (Å²) in [6, 6.07) is 1.96. The molecular formula is C17H13BrClF3N2O3. The second kappa shape index (κ2) is 8.28. The van der Waals surface area contributed by atoms with E-state index in [1.807, 2.05) is 0 Å². The van der Waals surface area contributed by atoms with E-state index in [-0.39, 0.29) is 33.0 Å². The first kappa shape index (κ1) is 21.2. The van der Waals surface area contributed by atoms with Crippen molar-refractivity contribution in [1.29, 1.82) is 0 Å². The van der Waals surface area contributed by atoms with Crippen LogP contribution in [0, 0.1) is 17.5 Å². The summed E-state index contributed by atoms with van der Waals surface area (Å²) in [6.45, 7) is 0.603. The molecule has 0 atom stereocenters. The van der Waals surface area contributed by atoms with Gasteiger partial charge in [0.1, 0.15) is 29.1 Å². The number of Topliss-reactive ketones (excluding diaryl/α,β-unsaturated/α-hetero) is 1. The Morgan fingerprint density at radius 2 is 1.81 bits per heavy atom. The van der Waals surface area contributed by atoms with Gasteiger partial charge in [0.05, 0.1) is 21.4 Å². The number of halogens is 5. The first-order valence-electron chi connectivity index (χ1n) is 7.51. The number of ketones is 1. The second-order valence-electron chi connectivity index (χ2n) is 5.36. The minimum atomic E-state index is -1.27. The van der Waals surface area contributed by atoms with Gasteiger partial charge in [0.2, 0.25) is 0 Å². The molecule has 0 aliphatic heterocycles. The third-order valence-corrected chi connectivity index (χ3v) is 4.86. The standard InChI is InChI=1S/C17H13BrClF3N2O3/c1-2-24-16(13-10(21)3-7(20)4-11(13)22)8(5-9(19)17(24)27)15(23)14(18)12(26)6-25/h3-5,25H,2,6,23H2,1H3. The Morgan fingerprint density at radius 1 is 1.26 bits per heavy atom. The summed E-state index contributed by atoms with van der Waals surface area (Å²) in [7, 11) is 0. The van der Waals surface area contributed by atoms with Crippen molar-refractivity contribution in [2.75, 3.05) is 6.61 Å². The van der Waals surface area contributed by atoms with E-state index in [1.165, 1.54) is 6.92 Å². The van der Waals surface area contributed by atoms with Crippen molar-refractivity contribution in [3.8, 4) is 11.3 Å². The number of aromatic nitrogens is 1. The highest BCUT2D eigenvalue weighted by molar-refractivity contribution is 9.12. The Morgan fingerprint density at radius 3 is 2.30 bits per heavy atom. The van der Waals surface area contributed by atoms with Crippen molar-refractivity contribution in [3.63, 3.8) is 0 Å². The van der Waals surface area contributed by atoms with Gasteiger partial charge in [-0.15, -0.1) is 0 Å². The highest BCUT2D eigenvalue weighted by atomic mass is 79.9. The van der Waals surface area contributed by atoms with Gasteiger partial charge in [-0.3, -0.25) is 9.59 Å². The van der Waals surface area contributed by atoms with Crippen LogP contribution in [0.2, 0.25) is 5.02 Å². The van der Waals surface area contributed by atoms with Gasteiger partial charge in [0.15, 0.2) is 5.78 Å². The number of nitrogens with two attached hydrogens (primary N) is 1. The number of carbonyl (C=O) groups excluding carboxylic acids is 1. The lowest BCUT2D eigenvalue weighted by Gasteiger charge is -2.19. The van der Waals surface area contributed by atoms with Crippen molar-refractivity contribution in [2.24, 2.45) is 5.73 Å². The zero-order valence-electron chi connectivity index (χ0n) is 13.8. The fraction of sp³-hybridized carbons (Fsp3) is 0.176. The van der Waals surface area contributed by atoms with Gasteiger partial charge in [0.25, 0.3) is 5.56 Å². The molecule has 0 bridgehead atoms. The molecule has 1 aromatic carbocycles. The van der Waals surface area contributed by atoms with Crippen LogP contribution in [0.25, 0.3) is 17.0 Å². The molecule has 0 amide bonds. The van der Waals surface area contributed by atoms with E-state index < -0.39 is 41.0 Å². The number of rotatable bonds is 5. The van der Waals surface area contributed by atoms with Gasteiger partial charge >= 0.3 is 0 Å². The molecule has 0 radical (unpaired) electrons. The summed E-state index contributed by atoms with van der Waals surface area (Å²) in [5.74, 6) is -4.48. The van der Waals surface area contributed by atoms with E-state index in [2.05, 4.69) is 15.9 Å². The summed E-state index contributed by atoms with van der Waals surface area (Å²) in [4.78, 5) is 24.1. The van der Waals surface area contributed by atoms with Crippen molar-refractivity contribution in [1.82, 2.24) is 4.57 Å². The van der Waals surface area contributed by atoms with Gasteiger partial charge in [0, 0.05) is 24.2 Å². The summed E-state index contributed by atoms with van der Waals surface area (Å²) < 4.78 is 42.8. The zero-order chi connectivity index (χ0) is 20.5. The van der Waals surface area contributed by atoms with E-state index in [9.17, 15) is 22.8 Å². The maximum atomic E-state index is 14.4. The summed E-state index contributed by atoms with van der Waals surface area (Å²) >= 11 is 8.83. The number of aliphatic hydroxyl groups is 1. The fourth-order valence-electron chi connectivity index (χ4n) is 2.52. The van der Waals surface area contributed by atoms with Crippen LogP contribution in [0.15, 0.2) is 27.5 Å². The van der Waals surface area contributed by atoms with Gasteiger partial charge < -0.3 is 15.4 Å². The average Bonchev–Trinajstić information content (AvgIpc) is 2.61. The van der Waals surface area contributed by atoms with E-state index in [4.69, 9.17) is 22.4 Å². The molecule has 0 aliphatic rings. The minimum Gasteiger partial charge on any atom is -0.397 e. The maximum absolute atomic E-state index is 14.4. The first-order chi connectivity index (χ1) is 12.6. The van der Waals surface area contributed by atoms with Crippen LogP contribution in [-0.4, -0.2) is 22.1 Å². The Bertz CT molecular complexity index is 998. The van der Waals surface area contributed by atoms with E-state index >= 15 is 0 Å². The summed E-state index contributed by atoms with van der Waals surface area (Å²) in [6.07, 6.45) is 0. The fourth-order valence-corrected chi connectivity index (χ4v) is 3.07. The number of hydrogen-bond acceptors (Lipinski definition) is 4. The van der Waals surface area contributed by atoms with Crippen molar-refractivity contribution >= 4 is 39.0 Å². The largest absolute Gasteiger partial charge is 0.397 e. The number of hydrogen-bond donors (Lipinski definition) is 2. The van der Waals surface area contributed by atoms with Crippen molar-refractivity contribution in [2.45, 2.75) is 13.5 Å². The van der Waals surface area contributed by atoms with Gasteiger partial charge in [-0.1, -0.05) is 11.6 Å². The second-order valence-corrected chi connectivity index (χ2v) is 6.56. The van der Waals surface area contributed by atoms with Gasteiger partial charge in [-0.2, -0.15) is 0 Å². The molecule has 0 saturated carbocycles. The number of nitrogens with zero attached hydrogens (tertiary/aromatic N) is 1. The maximum Gasteiger partial charge on any atom is 0.269 e. The molecule has 27 heavy (non-hydrogen) atoms. The number of carbonyl (C=O) groups is 1. The average molecular weight is 466 g/mol. The lowest BCUT2D eigenvalue weighted by molar-refractivity contribution is -0.117. The smallest absolute Gasteiger partial charge is 0.269 e. The lowest BCUT2D eigenvalue weighted by Crippen LogP contribution is -2.25. The summed E-state index contributed by atoms with van der Waals surface area (Å²) in [5, 5.41) is 8.69. The van der Waals surface area contributed by atoms with Crippen molar-refractivity contribution in [3.05, 3.63) is 61.1 Å². The SMILES string of the molecule is CCn1c(-c2c(F)cc(F)cc2F)c(C(N)=C(Br)C(=O)CO)cc(Cl)c1=O. The zero-order valence-corrected chi connectivity index (χ0v) is 16.2. The third-order valence-electron chi connectivity index (χ3n) is 3.72. The molecule has 0 spiro atoms. The molecule has 2 rings (SSSR count). The molecule has 0 aliphatic carbocycles. The Labute approximate surface area is 165 Å². The lowest BCUT2D eigenvalue weighted by atomic mass is 10.0. The van der Waals surface area contributed by atoms with Gasteiger partial charge in [-0.25, -0.2) is 13.2 Å².